The number of nitrogens with zero attached hydrogens (tertiary/aromatic N) is 2. The molecular weight excluding hydrogens is 388 g/mol. The Morgan fingerprint density at radius 2 is 1.66 bits per heavy atom. The van der Waals surface area contributed by atoms with Crippen molar-refractivity contribution < 1.29 is 14.6 Å². The average Bonchev–Trinajstić information content (AvgIpc) is 2.75. The van der Waals surface area contributed by atoms with Crippen molar-refractivity contribution in [3.05, 3.63) is 64.7 Å². The summed E-state index contributed by atoms with van der Waals surface area (Å²) in [4.78, 5) is 16.3. The van der Waals surface area contributed by atoms with Gasteiger partial charge in [0.2, 0.25) is 0 Å². The summed E-state index contributed by atoms with van der Waals surface area (Å²) in [7, 11) is 0. The second-order valence-electron chi connectivity index (χ2n) is 7.47. The molecule has 1 aliphatic rings. The number of ether oxygens (including phenoxy) is 1. The van der Waals surface area contributed by atoms with Gasteiger partial charge in [-0.15, -0.1) is 0 Å². The van der Waals surface area contributed by atoms with Crippen molar-refractivity contribution in [2.24, 2.45) is 0 Å². The van der Waals surface area contributed by atoms with Crippen molar-refractivity contribution in [1.29, 1.82) is 0 Å². The number of hydrogen-bond donors (Lipinski definition) is 1. The van der Waals surface area contributed by atoms with E-state index < -0.39 is 6.10 Å². The summed E-state index contributed by atoms with van der Waals surface area (Å²) in [6, 6.07) is 15.1. The van der Waals surface area contributed by atoms with Crippen LogP contribution in [0.1, 0.15) is 29.3 Å². The number of β-amino-alcohol motifs (C(OH)–C–C–N with tert-alkyl or cyclic N) is 1. The van der Waals surface area contributed by atoms with E-state index in [1.807, 2.05) is 19.1 Å². The molecule has 2 aromatic rings. The second-order valence-corrected chi connectivity index (χ2v) is 7.91. The summed E-state index contributed by atoms with van der Waals surface area (Å²) >= 11 is 5.94. The largest absolute Gasteiger partial charge is 0.491 e. The van der Waals surface area contributed by atoms with Crippen LogP contribution in [0, 0.1) is 0 Å². The van der Waals surface area contributed by atoms with E-state index in [1.165, 1.54) is 5.56 Å². The lowest BCUT2D eigenvalue weighted by molar-refractivity contribution is 0.0446. The summed E-state index contributed by atoms with van der Waals surface area (Å²) in [5.74, 6) is 0.788. The molecule has 0 amide bonds. The molecule has 2 aromatic carbocycles. The van der Waals surface area contributed by atoms with Gasteiger partial charge in [0.15, 0.2) is 5.78 Å². The van der Waals surface area contributed by atoms with Crippen LogP contribution >= 0.6 is 11.6 Å². The van der Waals surface area contributed by atoms with Crippen LogP contribution in [-0.4, -0.2) is 66.1 Å². The molecule has 0 spiro atoms. The van der Waals surface area contributed by atoms with Gasteiger partial charge in [0.05, 0.1) is 0 Å². The average molecular weight is 417 g/mol. The molecule has 0 aliphatic carbocycles. The van der Waals surface area contributed by atoms with Crippen LogP contribution in [0.5, 0.6) is 5.75 Å². The second kappa shape index (κ2) is 10.7. The van der Waals surface area contributed by atoms with Crippen LogP contribution in [-0.2, 0) is 6.54 Å². The van der Waals surface area contributed by atoms with E-state index in [0.717, 1.165) is 37.7 Å². The standard InChI is InChI=1S/C23H29ClN2O3/c1-2-23(28)19-5-9-22(10-6-19)29-17-21(27)16-26-13-11-25(12-14-26)15-18-3-7-20(24)8-4-18/h3-10,21,27H,2,11-17H2,1H3. The zero-order valence-electron chi connectivity index (χ0n) is 16.9. The van der Waals surface area contributed by atoms with E-state index in [1.54, 1.807) is 24.3 Å². The fraction of sp³-hybridized carbons (Fsp3) is 0.435. The number of aliphatic hydroxyl groups is 1. The van der Waals surface area contributed by atoms with Crippen LogP contribution in [0.2, 0.25) is 5.02 Å². The molecule has 1 aliphatic heterocycles. The third-order valence-electron chi connectivity index (χ3n) is 5.19. The number of aliphatic hydroxyl groups excluding tert-OH is 1. The van der Waals surface area contributed by atoms with Crippen LogP contribution in [0.4, 0.5) is 0 Å². The van der Waals surface area contributed by atoms with Crippen LogP contribution in [0.15, 0.2) is 48.5 Å². The van der Waals surface area contributed by atoms with Crippen molar-refractivity contribution in [2.75, 3.05) is 39.3 Å². The third kappa shape index (κ3) is 6.82. The van der Waals surface area contributed by atoms with Gasteiger partial charge in [-0.25, -0.2) is 0 Å². The first-order chi connectivity index (χ1) is 14.0. The minimum atomic E-state index is -0.547. The van der Waals surface area contributed by atoms with Gasteiger partial charge in [0.1, 0.15) is 18.5 Å². The minimum absolute atomic E-state index is 0.117. The molecule has 1 saturated heterocycles. The Bertz CT molecular complexity index is 772. The molecule has 1 fully saturated rings. The van der Waals surface area contributed by atoms with E-state index in [2.05, 4.69) is 21.9 Å². The Hall–Kier alpha value is -1.92. The Kier molecular flexibility index (Phi) is 8.07. The predicted octanol–water partition coefficient (Wildman–Crippen LogP) is 3.49. The minimum Gasteiger partial charge on any atom is -0.491 e. The quantitative estimate of drug-likeness (QED) is 0.634. The van der Waals surface area contributed by atoms with Crippen molar-refractivity contribution >= 4 is 17.4 Å². The Morgan fingerprint density at radius 1 is 1.03 bits per heavy atom. The lowest BCUT2D eigenvalue weighted by Gasteiger charge is -2.35. The maximum atomic E-state index is 11.7. The van der Waals surface area contributed by atoms with Gasteiger partial charge in [-0.05, 0) is 42.0 Å². The Morgan fingerprint density at radius 3 is 2.28 bits per heavy atom. The number of carbonyl (C=O) groups excluding carboxylic acids is 1. The lowest BCUT2D eigenvalue weighted by atomic mass is 10.1. The van der Waals surface area contributed by atoms with Crippen molar-refractivity contribution in [2.45, 2.75) is 26.0 Å². The SMILES string of the molecule is CCC(=O)c1ccc(OCC(O)CN2CCN(Cc3ccc(Cl)cc3)CC2)cc1. The van der Waals surface area contributed by atoms with E-state index in [0.29, 0.717) is 24.3 Å². The zero-order chi connectivity index (χ0) is 20.6. The van der Waals surface area contributed by atoms with Gasteiger partial charge in [-0.2, -0.15) is 0 Å². The smallest absolute Gasteiger partial charge is 0.162 e. The first-order valence-corrected chi connectivity index (χ1v) is 10.5. The highest BCUT2D eigenvalue weighted by atomic mass is 35.5. The fourth-order valence-electron chi connectivity index (χ4n) is 3.46. The molecule has 1 atom stereocenters. The number of Topliss-reactive ketones (excluding diaryl/α,β-unsaturated/α-hetero) is 1. The number of piperazine rings is 1. The van der Waals surface area contributed by atoms with Crippen molar-refractivity contribution in [3.8, 4) is 5.75 Å². The molecule has 3 rings (SSSR count). The molecule has 1 unspecified atom stereocenters. The normalized spacial score (nSPS) is 16.5. The summed E-state index contributed by atoms with van der Waals surface area (Å²) in [6.07, 6.45) is -0.0546. The molecular formula is C23H29ClN2O3. The van der Waals surface area contributed by atoms with Gasteiger partial charge in [0, 0.05) is 56.3 Å². The lowest BCUT2D eigenvalue weighted by Crippen LogP contribution is -2.48. The number of rotatable bonds is 9. The van der Waals surface area contributed by atoms with Gasteiger partial charge >= 0.3 is 0 Å². The van der Waals surface area contributed by atoms with E-state index in [9.17, 15) is 9.90 Å². The molecule has 5 nitrogen and oxygen atoms in total. The zero-order valence-corrected chi connectivity index (χ0v) is 17.6. The Balaban J connectivity index is 1.36. The van der Waals surface area contributed by atoms with Crippen LogP contribution in [0.3, 0.4) is 0 Å². The van der Waals surface area contributed by atoms with E-state index in [4.69, 9.17) is 16.3 Å². The first-order valence-electron chi connectivity index (χ1n) is 10.2. The van der Waals surface area contributed by atoms with Crippen LogP contribution in [0.25, 0.3) is 0 Å². The molecule has 6 heteroatoms. The predicted molar refractivity (Wildman–Crippen MR) is 116 cm³/mol. The van der Waals surface area contributed by atoms with Gasteiger partial charge in [0.25, 0.3) is 0 Å². The third-order valence-corrected chi connectivity index (χ3v) is 5.45. The number of halogens is 1. The molecule has 0 aromatic heterocycles. The number of hydrogen-bond acceptors (Lipinski definition) is 5. The molecule has 29 heavy (non-hydrogen) atoms. The van der Waals surface area contributed by atoms with E-state index in [-0.39, 0.29) is 12.4 Å². The Labute approximate surface area is 177 Å². The monoisotopic (exact) mass is 416 g/mol. The fourth-order valence-corrected chi connectivity index (χ4v) is 3.59. The van der Waals surface area contributed by atoms with Gasteiger partial charge in [-0.1, -0.05) is 30.7 Å². The number of benzene rings is 2. The molecule has 1 N–H and O–H groups in total. The molecule has 0 radical (unpaired) electrons. The van der Waals surface area contributed by atoms with Gasteiger partial charge in [-0.3, -0.25) is 14.6 Å². The molecule has 156 valence electrons. The summed E-state index contributed by atoms with van der Waals surface area (Å²) < 4.78 is 5.68. The van der Waals surface area contributed by atoms with E-state index >= 15 is 0 Å². The maximum absolute atomic E-state index is 11.7. The molecule has 0 bridgehead atoms. The first kappa shape index (κ1) is 21.8. The molecule has 1 heterocycles. The highest BCUT2D eigenvalue weighted by Gasteiger charge is 2.19. The maximum Gasteiger partial charge on any atom is 0.162 e. The number of ketones is 1. The summed E-state index contributed by atoms with van der Waals surface area (Å²) in [5.41, 5.74) is 1.96. The topological polar surface area (TPSA) is 53.0 Å². The van der Waals surface area contributed by atoms with Crippen molar-refractivity contribution in [1.82, 2.24) is 9.80 Å². The highest BCUT2D eigenvalue weighted by molar-refractivity contribution is 6.30. The summed E-state index contributed by atoms with van der Waals surface area (Å²) in [5, 5.41) is 11.1. The van der Waals surface area contributed by atoms with Gasteiger partial charge < -0.3 is 9.84 Å². The molecule has 0 saturated carbocycles. The highest BCUT2D eigenvalue weighted by Crippen LogP contribution is 2.15. The van der Waals surface area contributed by atoms with Crippen molar-refractivity contribution in [3.63, 3.8) is 0 Å². The van der Waals surface area contributed by atoms with Crippen LogP contribution < -0.4 is 4.74 Å². The number of carbonyl (C=O) groups is 1. The summed E-state index contributed by atoms with van der Waals surface area (Å²) in [6.45, 7) is 7.42.